The van der Waals surface area contributed by atoms with Gasteiger partial charge in [-0.3, -0.25) is 4.98 Å². The molecule has 0 radical (unpaired) electrons. The number of benzene rings is 1. The molecule has 4 heteroatoms. The van der Waals surface area contributed by atoms with Crippen molar-refractivity contribution in [1.29, 1.82) is 0 Å². The molecule has 0 atom stereocenters. The maximum atomic E-state index is 15.3. The van der Waals surface area contributed by atoms with E-state index in [1.165, 1.54) is 17.7 Å². The van der Waals surface area contributed by atoms with Gasteiger partial charge in [0, 0.05) is 29.6 Å². The van der Waals surface area contributed by atoms with Gasteiger partial charge in [0.1, 0.15) is 11.6 Å². The van der Waals surface area contributed by atoms with Gasteiger partial charge in [-0.25, -0.2) is 8.78 Å². The zero-order valence-corrected chi connectivity index (χ0v) is 21.1. The summed E-state index contributed by atoms with van der Waals surface area (Å²) in [5, 5.41) is 3.14. The van der Waals surface area contributed by atoms with Crippen molar-refractivity contribution in [2.24, 2.45) is 0 Å². The number of pyridine rings is 1. The monoisotopic (exact) mass is 462 g/mol. The normalized spacial score (nSPS) is 11.4. The van der Waals surface area contributed by atoms with Crippen LogP contribution >= 0.6 is 0 Å². The van der Waals surface area contributed by atoms with E-state index in [1.54, 1.807) is 25.3 Å². The summed E-state index contributed by atoms with van der Waals surface area (Å²) in [6, 6.07) is 6.70. The Morgan fingerprint density at radius 2 is 1.88 bits per heavy atom. The van der Waals surface area contributed by atoms with Crippen LogP contribution in [0.4, 0.5) is 8.78 Å². The van der Waals surface area contributed by atoms with Gasteiger partial charge >= 0.3 is 0 Å². The molecular weight excluding hydrogens is 426 g/mol. The zero-order chi connectivity index (χ0) is 25.4. The molecule has 0 unspecified atom stereocenters. The number of rotatable bonds is 11. The van der Waals surface area contributed by atoms with Crippen LogP contribution in [-0.2, 0) is 12.8 Å². The molecule has 0 bridgehead atoms. The van der Waals surface area contributed by atoms with E-state index in [2.05, 4.69) is 43.9 Å². The summed E-state index contributed by atoms with van der Waals surface area (Å²) in [6.07, 6.45) is 6.31. The van der Waals surface area contributed by atoms with Crippen LogP contribution in [0.15, 0.2) is 85.0 Å². The third-order valence-corrected chi connectivity index (χ3v) is 5.81. The van der Waals surface area contributed by atoms with Crippen molar-refractivity contribution in [1.82, 2.24) is 10.3 Å². The van der Waals surface area contributed by atoms with E-state index < -0.39 is 11.6 Å². The van der Waals surface area contributed by atoms with Crippen LogP contribution in [0.2, 0.25) is 0 Å². The van der Waals surface area contributed by atoms with E-state index in [1.807, 2.05) is 26.1 Å². The SMILES string of the molecule is C=CNCCc1ccnc(C(C)C)c1CC(=C)C(/C=C(/F)C(=C)c1c(C)cccc1F)=C(C)C. The average molecular weight is 463 g/mol. The predicted molar refractivity (Wildman–Crippen MR) is 141 cm³/mol. The highest BCUT2D eigenvalue weighted by Gasteiger charge is 2.18. The maximum absolute atomic E-state index is 15.3. The second-order valence-electron chi connectivity index (χ2n) is 8.99. The molecule has 0 aliphatic rings. The largest absolute Gasteiger partial charge is 0.391 e. The smallest absolute Gasteiger partial charge is 0.131 e. The second kappa shape index (κ2) is 12.3. The highest BCUT2D eigenvalue weighted by atomic mass is 19.1. The number of nitrogens with one attached hydrogen (secondary N) is 1. The highest BCUT2D eigenvalue weighted by molar-refractivity contribution is 5.78. The number of halogens is 2. The fourth-order valence-corrected chi connectivity index (χ4v) is 4.05. The minimum Gasteiger partial charge on any atom is -0.391 e. The summed E-state index contributed by atoms with van der Waals surface area (Å²) in [5.41, 5.74) is 6.57. The van der Waals surface area contributed by atoms with Gasteiger partial charge in [0.25, 0.3) is 0 Å². The summed E-state index contributed by atoms with van der Waals surface area (Å²) >= 11 is 0. The van der Waals surface area contributed by atoms with Gasteiger partial charge in [0.05, 0.1) is 0 Å². The van der Waals surface area contributed by atoms with Crippen molar-refractivity contribution >= 4 is 5.57 Å². The van der Waals surface area contributed by atoms with Crippen LogP contribution in [0.1, 0.15) is 61.6 Å². The summed E-state index contributed by atoms with van der Waals surface area (Å²) in [4.78, 5) is 4.63. The fraction of sp³-hybridized carbons (Fsp3) is 0.300. The number of aryl methyl sites for hydroxylation is 1. The maximum Gasteiger partial charge on any atom is 0.131 e. The summed E-state index contributed by atoms with van der Waals surface area (Å²) in [5.74, 6) is -0.821. The van der Waals surface area contributed by atoms with E-state index in [9.17, 15) is 4.39 Å². The third-order valence-electron chi connectivity index (χ3n) is 5.81. The van der Waals surface area contributed by atoms with Gasteiger partial charge in [0.15, 0.2) is 0 Å². The molecule has 2 aromatic rings. The first kappa shape index (κ1) is 27.0. The van der Waals surface area contributed by atoms with E-state index >= 15 is 4.39 Å². The Hall–Kier alpha value is -3.27. The predicted octanol–water partition coefficient (Wildman–Crippen LogP) is 7.93. The van der Waals surface area contributed by atoms with Gasteiger partial charge in [-0.2, -0.15) is 0 Å². The molecule has 0 amide bonds. The first-order valence-corrected chi connectivity index (χ1v) is 11.6. The minimum absolute atomic E-state index is 0.0302. The van der Waals surface area contributed by atoms with Gasteiger partial charge in [-0.1, -0.05) is 51.3 Å². The number of nitrogens with zero attached hydrogens (tertiary/aromatic N) is 1. The quantitative estimate of drug-likeness (QED) is 0.271. The Kier molecular flexibility index (Phi) is 9.73. The molecule has 0 saturated heterocycles. The number of hydrogen-bond acceptors (Lipinski definition) is 2. The van der Waals surface area contributed by atoms with Gasteiger partial charge in [-0.05, 0) is 91.8 Å². The lowest BCUT2D eigenvalue weighted by atomic mass is 9.88. The summed E-state index contributed by atoms with van der Waals surface area (Å²) in [6.45, 7) is 22.4. The van der Waals surface area contributed by atoms with Crippen molar-refractivity contribution in [3.8, 4) is 0 Å². The number of allylic oxidation sites excluding steroid dienone is 6. The molecule has 1 N–H and O–H groups in total. The lowest BCUT2D eigenvalue weighted by Crippen LogP contribution is -2.13. The molecule has 0 fully saturated rings. The Labute approximate surface area is 203 Å². The molecule has 1 aromatic heterocycles. The fourth-order valence-electron chi connectivity index (χ4n) is 4.05. The van der Waals surface area contributed by atoms with Crippen LogP contribution in [0.3, 0.4) is 0 Å². The van der Waals surface area contributed by atoms with E-state index in [4.69, 9.17) is 0 Å². The van der Waals surface area contributed by atoms with Gasteiger partial charge < -0.3 is 5.32 Å². The molecule has 0 saturated carbocycles. The molecule has 0 aliphatic carbocycles. The van der Waals surface area contributed by atoms with Crippen molar-refractivity contribution in [3.63, 3.8) is 0 Å². The lowest BCUT2D eigenvalue weighted by molar-refractivity contribution is 0.618. The molecular formula is C30H36F2N2. The molecule has 0 spiro atoms. The van der Waals surface area contributed by atoms with Crippen LogP contribution in [0, 0.1) is 12.7 Å². The highest BCUT2D eigenvalue weighted by Crippen LogP contribution is 2.32. The zero-order valence-electron chi connectivity index (χ0n) is 21.1. The van der Waals surface area contributed by atoms with Crippen molar-refractivity contribution in [2.75, 3.05) is 6.54 Å². The third kappa shape index (κ3) is 6.63. The first-order valence-electron chi connectivity index (χ1n) is 11.6. The summed E-state index contributed by atoms with van der Waals surface area (Å²) < 4.78 is 29.7. The van der Waals surface area contributed by atoms with Crippen LogP contribution in [0.25, 0.3) is 5.57 Å². The van der Waals surface area contributed by atoms with E-state index in [-0.39, 0.29) is 17.1 Å². The molecule has 0 aliphatic heterocycles. The standard InChI is InChI=1S/C30H36F2N2/c1-9-33-15-13-24-14-16-34-30(20(4)5)26(24)17-22(7)25(19(2)3)18-28(32)23(8)29-21(6)11-10-12-27(29)31/h9-12,14,16,18,20,33H,1,7-8,13,15,17H2,2-6H3/b28-18+. The van der Waals surface area contributed by atoms with E-state index in [0.717, 1.165) is 35.4 Å². The van der Waals surface area contributed by atoms with Crippen molar-refractivity contribution in [2.45, 2.75) is 53.4 Å². The van der Waals surface area contributed by atoms with E-state index in [0.29, 0.717) is 17.6 Å². The molecule has 34 heavy (non-hydrogen) atoms. The Morgan fingerprint density at radius 3 is 2.47 bits per heavy atom. The molecule has 2 rings (SSSR count). The van der Waals surface area contributed by atoms with Gasteiger partial charge in [-0.15, -0.1) is 0 Å². The summed E-state index contributed by atoms with van der Waals surface area (Å²) in [7, 11) is 0. The number of hydrogen-bond donors (Lipinski definition) is 1. The number of aromatic nitrogens is 1. The molecule has 2 nitrogen and oxygen atoms in total. The Morgan fingerprint density at radius 1 is 1.18 bits per heavy atom. The van der Waals surface area contributed by atoms with Crippen LogP contribution in [0.5, 0.6) is 0 Å². The first-order chi connectivity index (χ1) is 16.1. The Bertz CT molecular complexity index is 1110. The molecule has 1 heterocycles. The lowest BCUT2D eigenvalue weighted by Gasteiger charge is -2.19. The Balaban J connectivity index is 2.42. The van der Waals surface area contributed by atoms with Crippen LogP contribution in [-0.4, -0.2) is 11.5 Å². The van der Waals surface area contributed by atoms with Crippen molar-refractivity contribution < 1.29 is 8.78 Å². The van der Waals surface area contributed by atoms with Gasteiger partial charge in [0.2, 0.25) is 0 Å². The van der Waals surface area contributed by atoms with Crippen molar-refractivity contribution in [3.05, 3.63) is 119 Å². The molecule has 1 aromatic carbocycles. The minimum atomic E-state index is -0.573. The average Bonchev–Trinajstić information content (AvgIpc) is 2.77. The van der Waals surface area contributed by atoms with Crippen LogP contribution < -0.4 is 5.32 Å². The second-order valence-corrected chi connectivity index (χ2v) is 8.99. The topological polar surface area (TPSA) is 24.9 Å². The molecule has 180 valence electrons.